The number of fused-ring (bicyclic) bond motifs is 1. The number of thiazole rings is 1. The van der Waals surface area contributed by atoms with Gasteiger partial charge >= 0.3 is 0 Å². The smallest absolute Gasteiger partial charge is 0.257 e. The van der Waals surface area contributed by atoms with Crippen LogP contribution >= 0.6 is 11.3 Å². The second kappa shape index (κ2) is 8.63. The number of hydrogen-bond acceptors (Lipinski definition) is 6. The van der Waals surface area contributed by atoms with E-state index in [1.165, 1.54) is 0 Å². The van der Waals surface area contributed by atoms with E-state index in [2.05, 4.69) is 10.3 Å². The van der Waals surface area contributed by atoms with Gasteiger partial charge in [-0.05, 0) is 36.8 Å². The zero-order valence-electron chi connectivity index (χ0n) is 16.4. The number of methoxy groups -OCH3 is 1. The molecule has 2 aromatic carbocycles. The van der Waals surface area contributed by atoms with Crippen LogP contribution in [0.4, 0.5) is 5.69 Å². The molecule has 3 aromatic rings. The van der Waals surface area contributed by atoms with Crippen LogP contribution in [0.5, 0.6) is 5.75 Å². The number of aryl methyl sites for hydroxylation is 1. The molecule has 1 aromatic heterocycles. The predicted octanol–water partition coefficient (Wildman–Crippen LogP) is 4.24. The Morgan fingerprint density at radius 1 is 1.17 bits per heavy atom. The SMILES string of the molecule is COCCN1C(=O)c2ccccc2N[C@H]1c1ccc(OCc2csc(C)n2)cc1. The van der Waals surface area contributed by atoms with Gasteiger partial charge in [0.15, 0.2) is 0 Å². The largest absolute Gasteiger partial charge is 0.487 e. The summed E-state index contributed by atoms with van der Waals surface area (Å²) in [6.45, 7) is 3.40. The maximum atomic E-state index is 13.0. The molecule has 0 fully saturated rings. The summed E-state index contributed by atoms with van der Waals surface area (Å²) in [6.07, 6.45) is -0.261. The lowest BCUT2D eigenvalue weighted by molar-refractivity contribution is 0.0609. The van der Waals surface area contributed by atoms with Gasteiger partial charge in [0.1, 0.15) is 18.5 Å². The summed E-state index contributed by atoms with van der Waals surface area (Å²) in [6, 6.07) is 15.4. The Labute approximate surface area is 174 Å². The molecule has 2 heterocycles. The summed E-state index contributed by atoms with van der Waals surface area (Å²) in [4.78, 5) is 19.3. The van der Waals surface area contributed by atoms with E-state index in [0.29, 0.717) is 25.3 Å². The number of nitrogens with one attached hydrogen (secondary N) is 1. The lowest BCUT2D eigenvalue weighted by atomic mass is 10.0. The van der Waals surface area contributed by atoms with Crippen LogP contribution in [0.25, 0.3) is 0 Å². The summed E-state index contributed by atoms with van der Waals surface area (Å²) in [7, 11) is 1.64. The van der Waals surface area contributed by atoms with E-state index in [1.54, 1.807) is 23.3 Å². The molecule has 4 rings (SSSR count). The lowest BCUT2D eigenvalue weighted by Crippen LogP contribution is -2.44. The lowest BCUT2D eigenvalue weighted by Gasteiger charge is -2.38. The number of hydrogen-bond donors (Lipinski definition) is 1. The van der Waals surface area contributed by atoms with Crippen molar-refractivity contribution in [3.05, 3.63) is 75.7 Å². The van der Waals surface area contributed by atoms with Crippen molar-refractivity contribution in [2.24, 2.45) is 0 Å². The molecule has 150 valence electrons. The number of carbonyl (C=O) groups excluding carboxylic acids is 1. The molecule has 1 N–H and O–H groups in total. The Hall–Kier alpha value is -2.90. The summed E-state index contributed by atoms with van der Waals surface area (Å²) in [5.41, 5.74) is 3.44. The minimum atomic E-state index is -0.261. The maximum absolute atomic E-state index is 13.0. The van der Waals surface area contributed by atoms with Crippen LogP contribution in [-0.2, 0) is 11.3 Å². The summed E-state index contributed by atoms with van der Waals surface area (Å²) >= 11 is 1.62. The van der Waals surface area contributed by atoms with E-state index in [1.807, 2.05) is 60.8 Å². The van der Waals surface area contributed by atoms with Gasteiger partial charge in [0.25, 0.3) is 5.91 Å². The van der Waals surface area contributed by atoms with Crippen LogP contribution in [0.2, 0.25) is 0 Å². The molecule has 0 bridgehead atoms. The fourth-order valence-corrected chi connectivity index (χ4v) is 3.95. The third kappa shape index (κ3) is 4.26. The number of anilines is 1. The van der Waals surface area contributed by atoms with Gasteiger partial charge in [-0.15, -0.1) is 11.3 Å². The summed E-state index contributed by atoms with van der Waals surface area (Å²) < 4.78 is 11.1. The van der Waals surface area contributed by atoms with Crippen LogP contribution in [0.1, 0.15) is 32.8 Å². The quantitative estimate of drug-likeness (QED) is 0.632. The normalized spacial score (nSPS) is 15.7. The standard InChI is InChI=1S/C22H23N3O3S/c1-15-23-17(14-29-15)13-28-18-9-7-16(8-10-18)21-24-20-6-4-3-5-19(20)22(26)25(21)11-12-27-2/h3-10,14,21,24H,11-13H2,1-2H3/t21-/m1/s1. The monoisotopic (exact) mass is 409 g/mol. The molecule has 1 aliphatic heterocycles. The molecule has 0 radical (unpaired) electrons. The Balaban J connectivity index is 1.52. The molecular weight excluding hydrogens is 386 g/mol. The summed E-state index contributed by atoms with van der Waals surface area (Å²) in [5.74, 6) is 0.769. The fraction of sp³-hybridized carbons (Fsp3) is 0.273. The molecule has 1 aliphatic rings. The van der Waals surface area contributed by atoms with Crippen LogP contribution < -0.4 is 10.1 Å². The van der Waals surface area contributed by atoms with Crippen molar-refractivity contribution < 1.29 is 14.3 Å². The van der Waals surface area contributed by atoms with E-state index in [4.69, 9.17) is 9.47 Å². The first-order valence-corrected chi connectivity index (χ1v) is 10.3. The molecular formula is C22H23N3O3S. The Bertz CT molecular complexity index is 987. The van der Waals surface area contributed by atoms with Crippen molar-refractivity contribution in [2.75, 3.05) is 25.6 Å². The number of nitrogens with zero attached hydrogens (tertiary/aromatic N) is 2. The number of aromatic nitrogens is 1. The zero-order valence-corrected chi connectivity index (χ0v) is 17.2. The van der Waals surface area contributed by atoms with Crippen LogP contribution in [0.3, 0.4) is 0 Å². The number of para-hydroxylation sites is 1. The molecule has 1 amide bonds. The minimum Gasteiger partial charge on any atom is -0.487 e. The van der Waals surface area contributed by atoms with E-state index in [9.17, 15) is 4.79 Å². The Kier molecular flexibility index (Phi) is 5.78. The van der Waals surface area contributed by atoms with Gasteiger partial charge in [-0.2, -0.15) is 0 Å². The van der Waals surface area contributed by atoms with Crippen molar-refractivity contribution in [3.8, 4) is 5.75 Å². The molecule has 1 atom stereocenters. The highest BCUT2D eigenvalue weighted by atomic mass is 32.1. The van der Waals surface area contributed by atoms with Crippen molar-refractivity contribution in [2.45, 2.75) is 19.7 Å². The molecule has 0 spiro atoms. The van der Waals surface area contributed by atoms with Gasteiger partial charge in [-0.25, -0.2) is 4.98 Å². The molecule has 6 nitrogen and oxygen atoms in total. The fourth-order valence-electron chi connectivity index (χ4n) is 3.35. The van der Waals surface area contributed by atoms with Crippen molar-refractivity contribution in [3.63, 3.8) is 0 Å². The zero-order chi connectivity index (χ0) is 20.2. The first kappa shape index (κ1) is 19.4. The van der Waals surface area contributed by atoms with Gasteiger partial charge in [0.05, 0.1) is 22.9 Å². The number of amides is 1. The highest BCUT2D eigenvalue weighted by Gasteiger charge is 2.32. The molecule has 0 saturated carbocycles. The van der Waals surface area contributed by atoms with Crippen LogP contribution in [0.15, 0.2) is 53.9 Å². The van der Waals surface area contributed by atoms with Gasteiger partial charge in [-0.1, -0.05) is 24.3 Å². The van der Waals surface area contributed by atoms with E-state index in [-0.39, 0.29) is 12.1 Å². The highest BCUT2D eigenvalue weighted by Crippen LogP contribution is 2.33. The topological polar surface area (TPSA) is 63.7 Å². The molecule has 0 aliphatic carbocycles. The third-order valence-electron chi connectivity index (χ3n) is 4.81. The number of ether oxygens (including phenoxy) is 2. The van der Waals surface area contributed by atoms with Crippen LogP contribution in [-0.4, -0.2) is 36.1 Å². The molecule has 7 heteroatoms. The van der Waals surface area contributed by atoms with E-state index >= 15 is 0 Å². The first-order valence-electron chi connectivity index (χ1n) is 9.45. The average molecular weight is 410 g/mol. The van der Waals surface area contributed by atoms with Gasteiger partial charge < -0.3 is 19.7 Å². The van der Waals surface area contributed by atoms with Crippen molar-refractivity contribution >= 4 is 22.9 Å². The maximum Gasteiger partial charge on any atom is 0.257 e. The second-order valence-corrected chi connectivity index (χ2v) is 7.86. The van der Waals surface area contributed by atoms with Gasteiger partial charge in [0, 0.05) is 24.7 Å². The number of rotatable bonds is 7. The number of benzene rings is 2. The average Bonchev–Trinajstić information content (AvgIpc) is 3.17. The van der Waals surface area contributed by atoms with Crippen molar-refractivity contribution in [1.29, 1.82) is 0 Å². The second-order valence-electron chi connectivity index (χ2n) is 6.80. The Morgan fingerprint density at radius 2 is 1.97 bits per heavy atom. The highest BCUT2D eigenvalue weighted by molar-refractivity contribution is 7.09. The minimum absolute atomic E-state index is 0.000582. The molecule has 29 heavy (non-hydrogen) atoms. The predicted molar refractivity (Wildman–Crippen MR) is 113 cm³/mol. The molecule has 0 saturated heterocycles. The molecule has 0 unspecified atom stereocenters. The van der Waals surface area contributed by atoms with Crippen LogP contribution in [0, 0.1) is 6.92 Å². The number of carbonyl (C=O) groups is 1. The Morgan fingerprint density at radius 3 is 2.69 bits per heavy atom. The van der Waals surface area contributed by atoms with Gasteiger partial charge in [-0.3, -0.25) is 4.79 Å². The summed E-state index contributed by atoms with van der Waals surface area (Å²) in [5, 5.41) is 6.52. The van der Waals surface area contributed by atoms with E-state index < -0.39 is 0 Å². The third-order valence-corrected chi connectivity index (χ3v) is 5.63. The first-order chi connectivity index (χ1) is 14.2. The van der Waals surface area contributed by atoms with Gasteiger partial charge in [0.2, 0.25) is 0 Å². The van der Waals surface area contributed by atoms with E-state index in [0.717, 1.165) is 27.7 Å². The van der Waals surface area contributed by atoms with Crippen molar-refractivity contribution in [1.82, 2.24) is 9.88 Å².